The molecule has 0 aromatic heterocycles. The van der Waals surface area contributed by atoms with Crippen molar-refractivity contribution in [2.75, 3.05) is 6.54 Å². The summed E-state index contributed by atoms with van der Waals surface area (Å²) >= 11 is 0. The molecule has 18 heavy (non-hydrogen) atoms. The topological polar surface area (TPSA) is 12.0 Å². The zero-order valence-corrected chi connectivity index (χ0v) is 12.3. The Balaban J connectivity index is 2.27. The highest BCUT2D eigenvalue weighted by atomic mass is 15.0. The van der Waals surface area contributed by atoms with Gasteiger partial charge in [0.2, 0.25) is 0 Å². The van der Waals surface area contributed by atoms with Crippen LogP contribution in [0.3, 0.4) is 0 Å². The van der Waals surface area contributed by atoms with E-state index in [2.05, 4.69) is 57.3 Å². The lowest BCUT2D eigenvalue weighted by Gasteiger charge is -2.31. The maximum absolute atomic E-state index is 3.75. The number of hydrogen-bond acceptors (Lipinski definition) is 1. The maximum atomic E-state index is 3.75. The first-order valence-electron chi connectivity index (χ1n) is 7.34. The summed E-state index contributed by atoms with van der Waals surface area (Å²) in [4.78, 5) is 0. The monoisotopic (exact) mass is 245 g/mol. The second kappa shape index (κ2) is 5.05. The largest absolute Gasteiger partial charge is 0.307 e. The lowest BCUT2D eigenvalue weighted by atomic mass is 9.81. The van der Waals surface area contributed by atoms with Crippen LogP contribution in [0.4, 0.5) is 0 Å². The summed E-state index contributed by atoms with van der Waals surface area (Å²) in [5.74, 6) is 0. The van der Waals surface area contributed by atoms with Gasteiger partial charge in [-0.2, -0.15) is 0 Å². The first-order valence-corrected chi connectivity index (χ1v) is 7.34. The standard InChI is InChI=1S/C17H27N/c1-5-11-17(12-6-13-18-17)15-9-7-14(8-10-15)16(2,3)4/h7-10,18H,5-6,11-13H2,1-4H3. The summed E-state index contributed by atoms with van der Waals surface area (Å²) in [6, 6.07) is 9.31. The smallest absolute Gasteiger partial charge is 0.0435 e. The minimum Gasteiger partial charge on any atom is -0.307 e. The van der Waals surface area contributed by atoms with Gasteiger partial charge >= 0.3 is 0 Å². The van der Waals surface area contributed by atoms with Crippen LogP contribution >= 0.6 is 0 Å². The highest BCUT2D eigenvalue weighted by Crippen LogP contribution is 2.36. The molecule has 1 aromatic rings. The van der Waals surface area contributed by atoms with Gasteiger partial charge in [0.15, 0.2) is 0 Å². The van der Waals surface area contributed by atoms with E-state index in [1.807, 2.05) is 0 Å². The maximum Gasteiger partial charge on any atom is 0.0435 e. The Kier molecular flexibility index (Phi) is 3.82. The summed E-state index contributed by atoms with van der Waals surface area (Å²) in [6.07, 6.45) is 5.09. The van der Waals surface area contributed by atoms with E-state index in [9.17, 15) is 0 Å². The SMILES string of the molecule is CCCC1(c2ccc(C(C)(C)C)cc2)CCCN1. The molecule has 1 aromatic carbocycles. The normalized spacial score (nSPS) is 24.4. The number of hydrogen-bond donors (Lipinski definition) is 1. The van der Waals surface area contributed by atoms with Crippen LogP contribution in [-0.4, -0.2) is 6.54 Å². The lowest BCUT2D eigenvalue weighted by molar-refractivity contribution is 0.355. The zero-order chi connectivity index (χ0) is 13.2. The molecule has 1 aliphatic heterocycles. The Hall–Kier alpha value is -0.820. The third kappa shape index (κ3) is 2.61. The Morgan fingerprint density at radius 2 is 1.83 bits per heavy atom. The molecule has 1 unspecified atom stereocenters. The molecule has 0 bridgehead atoms. The highest BCUT2D eigenvalue weighted by Gasteiger charge is 2.34. The molecule has 0 saturated carbocycles. The summed E-state index contributed by atoms with van der Waals surface area (Å²) < 4.78 is 0. The Morgan fingerprint density at radius 1 is 1.17 bits per heavy atom. The predicted molar refractivity (Wildman–Crippen MR) is 79.0 cm³/mol. The van der Waals surface area contributed by atoms with Gasteiger partial charge in [-0.1, -0.05) is 58.4 Å². The fraction of sp³-hybridized carbons (Fsp3) is 0.647. The van der Waals surface area contributed by atoms with Crippen molar-refractivity contribution in [2.24, 2.45) is 0 Å². The van der Waals surface area contributed by atoms with Crippen molar-refractivity contribution in [3.05, 3.63) is 35.4 Å². The van der Waals surface area contributed by atoms with Crippen LogP contribution in [-0.2, 0) is 11.0 Å². The Labute approximate surface area is 112 Å². The molecule has 1 fully saturated rings. The van der Waals surface area contributed by atoms with E-state index in [1.54, 1.807) is 0 Å². The van der Waals surface area contributed by atoms with Gasteiger partial charge in [-0.05, 0) is 42.3 Å². The molecular formula is C17H27N. The Morgan fingerprint density at radius 3 is 2.28 bits per heavy atom. The summed E-state index contributed by atoms with van der Waals surface area (Å²) in [7, 11) is 0. The summed E-state index contributed by atoms with van der Waals surface area (Å²) in [5.41, 5.74) is 3.41. The van der Waals surface area contributed by atoms with Crippen LogP contribution in [0.2, 0.25) is 0 Å². The van der Waals surface area contributed by atoms with Crippen molar-refractivity contribution in [3.8, 4) is 0 Å². The van der Waals surface area contributed by atoms with Crippen LogP contribution < -0.4 is 5.32 Å². The molecule has 0 amide bonds. The van der Waals surface area contributed by atoms with E-state index in [1.165, 1.54) is 43.4 Å². The molecule has 1 heteroatoms. The Bertz CT molecular complexity index is 377. The molecule has 1 nitrogen and oxygen atoms in total. The van der Waals surface area contributed by atoms with Gasteiger partial charge in [-0.3, -0.25) is 0 Å². The van der Waals surface area contributed by atoms with Gasteiger partial charge in [-0.15, -0.1) is 0 Å². The first-order chi connectivity index (χ1) is 8.48. The number of benzene rings is 1. The van der Waals surface area contributed by atoms with Crippen LogP contribution in [0.25, 0.3) is 0 Å². The summed E-state index contributed by atoms with van der Waals surface area (Å²) in [5, 5.41) is 3.75. The molecule has 100 valence electrons. The third-order valence-corrected chi connectivity index (χ3v) is 4.22. The van der Waals surface area contributed by atoms with Crippen LogP contribution in [0.5, 0.6) is 0 Å². The highest BCUT2D eigenvalue weighted by molar-refractivity contribution is 5.32. The lowest BCUT2D eigenvalue weighted by Crippen LogP contribution is -2.36. The van der Waals surface area contributed by atoms with E-state index < -0.39 is 0 Å². The fourth-order valence-corrected chi connectivity index (χ4v) is 3.13. The average Bonchev–Trinajstić information content (AvgIpc) is 2.78. The van der Waals surface area contributed by atoms with E-state index in [0.717, 1.165) is 0 Å². The van der Waals surface area contributed by atoms with Gasteiger partial charge in [0.1, 0.15) is 0 Å². The predicted octanol–water partition coefficient (Wildman–Crippen LogP) is 4.36. The van der Waals surface area contributed by atoms with Crippen molar-refractivity contribution in [3.63, 3.8) is 0 Å². The molecule has 1 heterocycles. The third-order valence-electron chi connectivity index (χ3n) is 4.22. The quantitative estimate of drug-likeness (QED) is 0.834. The molecule has 2 rings (SSSR count). The van der Waals surface area contributed by atoms with Crippen LogP contribution in [0.1, 0.15) is 64.5 Å². The van der Waals surface area contributed by atoms with Gasteiger partial charge in [0.05, 0.1) is 0 Å². The van der Waals surface area contributed by atoms with Crippen LogP contribution in [0, 0.1) is 0 Å². The van der Waals surface area contributed by atoms with E-state index >= 15 is 0 Å². The fourth-order valence-electron chi connectivity index (χ4n) is 3.13. The molecule has 0 aliphatic carbocycles. The van der Waals surface area contributed by atoms with Crippen molar-refractivity contribution in [1.82, 2.24) is 5.32 Å². The van der Waals surface area contributed by atoms with E-state index in [4.69, 9.17) is 0 Å². The second-order valence-electron chi connectivity index (χ2n) is 6.69. The number of nitrogens with one attached hydrogen (secondary N) is 1. The van der Waals surface area contributed by atoms with Gasteiger partial charge in [-0.25, -0.2) is 0 Å². The minimum absolute atomic E-state index is 0.250. The molecule has 0 spiro atoms. The molecule has 0 radical (unpaired) electrons. The van der Waals surface area contributed by atoms with Gasteiger partial charge in [0, 0.05) is 5.54 Å². The molecule has 1 saturated heterocycles. The average molecular weight is 245 g/mol. The number of rotatable bonds is 3. The molecule has 1 atom stereocenters. The first kappa shape index (κ1) is 13.6. The second-order valence-corrected chi connectivity index (χ2v) is 6.69. The van der Waals surface area contributed by atoms with Crippen molar-refractivity contribution in [2.45, 2.75) is 64.3 Å². The van der Waals surface area contributed by atoms with E-state index in [0.29, 0.717) is 0 Å². The molecular weight excluding hydrogens is 218 g/mol. The zero-order valence-electron chi connectivity index (χ0n) is 12.3. The van der Waals surface area contributed by atoms with Gasteiger partial charge < -0.3 is 5.32 Å². The van der Waals surface area contributed by atoms with Gasteiger partial charge in [0.25, 0.3) is 0 Å². The minimum atomic E-state index is 0.250. The van der Waals surface area contributed by atoms with Crippen molar-refractivity contribution in [1.29, 1.82) is 0 Å². The van der Waals surface area contributed by atoms with Crippen LogP contribution in [0.15, 0.2) is 24.3 Å². The molecule has 1 aliphatic rings. The van der Waals surface area contributed by atoms with Crippen molar-refractivity contribution >= 4 is 0 Å². The molecule has 1 N–H and O–H groups in total. The summed E-state index contributed by atoms with van der Waals surface area (Å²) in [6.45, 7) is 10.3. The van der Waals surface area contributed by atoms with E-state index in [-0.39, 0.29) is 11.0 Å². The van der Waals surface area contributed by atoms with Crippen molar-refractivity contribution < 1.29 is 0 Å².